The van der Waals surface area contributed by atoms with Crippen LogP contribution in [0.15, 0.2) is 16.8 Å². The molecule has 0 aliphatic carbocycles. The van der Waals surface area contributed by atoms with Crippen molar-refractivity contribution < 1.29 is 8.78 Å². The topological polar surface area (TPSA) is 38.0 Å². The number of nitrogens with two attached hydrogens (primary N) is 1. The molecule has 5 heteroatoms. The van der Waals surface area contributed by atoms with E-state index in [0.29, 0.717) is 6.54 Å². The van der Waals surface area contributed by atoms with Crippen LogP contribution in [0, 0.1) is 0 Å². The molecule has 0 unspecified atom stereocenters. The van der Waals surface area contributed by atoms with E-state index in [2.05, 4.69) is 5.32 Å². The fourth-order valence-corrected chi connectivity index (χ4v) is 1.52. The van der Waals surface area contributed by atoms with Crippen LogP contribution in [0.5, 0.6) is 0 Å². The standard InChI is InChI=1S/C8H12F2N2S/c9-8(10,5-11)6-12-3-7-1-2-13-4-7/h1-2,4,12H,3,5-6,11H2. The van der Waals surface area contributed by atoms with E-state index in [4.69, 9.17) is 5.73 Å². The summed E-state index contributed by atoms with van der Waals surface area (Å²) in [5.74, 6) is -2.80. The molecular weight excluding hydrogens is 194 g/mol. The molecule has 1 aromatic rings. The summed E-state index contributed by atoms with van der Waals surface area (Å²) < 4.78 is 25.2. The molecule has 0 amide bonds. The maximum Gasteiger partial charge on any atom is 0.272 e. The second kappa shape index (κ2) is 4.64. The molecule has 0 atom stereocenters. The van der Waals surface area contributed by atoms with Gasteiger partial charge in [0.15, 0.2) is 0 Å². The van der Waals surface area contributed by atoms with Gasteiger partial charge in [0.2, 0.25) is 0 Å². The van der Waals surface area contributed by atoms with Crippen molar-refractivity contribution in [1.29, 1.82) is 0 Å². The minimum absolute atomic E-state index is 0.362. The first-order valence-electron chi connectivity index (χ1n) is 3.94. The van der Waals surface area contributed by atoms with Crippen LogP contribution in [0.3, 0.4) is 0 Å². The zero-order valence-corrected chi connectivity index (χ0v) is 7.91. The molecule has 0 aliphatic heterocycles. The van der Waals surface area contributed by atoms with Crippen LogP contribution in [-0.2, 0) is 6.54 Å². The quantitative estimate of drug-likeness (QED) is 0.765. The first-order chi connectivity index (χ1) is 6.14. The highest BCUT2D eigenvalue weighted by molar-refractivity contribution is 7.07. The molecule has 2 nitrogen and oxygen atoms in total. The van der Waals surface area contributed by atoms with Crippen molar-refractivity contribution in [3.63, 3.8) is 0 Å². The summed E-state index contributed by atoms with van der Waals surface area (Å²) >= 11 is 1.55. The van der Waals surface area contributed by atoms with Gasteiger partial charge in [-0.3, -0.25) is 0 Å². The maximum absolute atomic E-state index is 12.6. The van der Waals surface area contributed by atoms with Gasteiger partial charge >= 0.3 is 0 Å². The zero-order valence-electron chi connectivity index (χ0n) is 7.09. The van der Waals surface area contributed by atoms with Gasteiger partial charge in [-0.1, -0.05) is 0 Å². The van der Waals surface area contributed by atoms with Crippen molar-refractivity contribution in [1.82, 2.24) is 5.32 Å². The Labute approximate surface area is 79.8 Å². The molecule has 0 bridgehead atoms. The van der Waals surface area contributed by atoms with Crippen LogP contribution >= 0.6 is 11.3 Å². The normalized spacial score (nSPS) is 11.9. The molecular formula is C8H12F2N2S. The SMILES string of the molecule is NCC(F)(F)CNCc1ccsc1. The summed E-state index contributed by atoms with van der Waals surface area (Å²) in [5.41, 5.74) is 5.90. The Bertz CT molecular complexity index is 236. The highest BCUT2D eigenvalue weighted by Crippen LogP contribution is 2.10. The second-order valence-corrected chi connectivity index (χ2v) is 3.58. The molecule has 0 fully saturated rings. The van der Waals surface area contributed by atoms with Gasteiger partial charge < -0.3 is 11.1 Å². The number of alkyl halides is 2. The molecule has 0 radical (unpaired) electrons. The van der Waals surface area contributed by atoms with Crippen molar-refractivity contribution >= 4 is 11.3 Å². The first kappa shape index (κ1) is 10.6. The summed E-state index contributed by atoms with van der Waals surface area (Å²) in [6, 6.07) is 1.90. The van der Waals surface area contributed by atoms with Crippen LogP contribution in [-0.4, -0.2) is 19.0 Å². The van der Waals surface area contributed by atoms with Gasteiger partial charge in [0.1, 0.15) is 0 Å². The Kier molecular flexibility index (Phi) is 3.77. The molecule has 1 heterocycles. The number of thiophene rings is 1. The van der Waals surface area contributed by atoms with E-state index in [1.165, 1.54) is 0 Å². The zero-order chi connectivity index (χ0) is 9.73. The molecule has 0 spiro atoms. The molecule has 0 aliphatic rings. The molecule has 0 saturated heterocycles. The fourth-order valence-electron chi connectivity index (χ4n) is 0.855. The number of rotatable bonds is 5. The van der Waals surface area contributed by atoms with Gasteiger partial charge in [0.05, 0.1) is 13.1 Å². The largest absolute Gasteiger partial charge is 0.325 e. The fraction of sp³-hybridized carbons (Fsp3) is 0.500. The predicted molar refractivity (Wildman–Crippen MR) is 50.0 cm³/mol. The van der Waals surface area contributed by atoms with Crippen LogP contribution in [0.25, 0.3) is 0 Å². The maximum atomic E-state index is 12.6. The van der Waals surface area contributed by atoms with Crippen LogP contribution in [0.2, 0.25) is 0 Å². The Morgan fingerprint density at radius 2 is 2.31 bits per heavy atom. The molecule has 0 saturated carbocycles. The first-order valence-corrected chi connectivity index (χ1v) is 4.88. The van der Waals surface area contributed by atoms with Crippen LogP contribution < -0.4 is 11.1 Å². The molecule has 13 heavy (non-hydrogen) atoms. The minimum Gasteiger partial charge on any atom is -0.325 e. The summed E-state index contributed by atoms with van der Waals surface area (Å²) in [6.45, 7) is -0.498. The third kappa shape index (κ3) is 3.80. The van der Waals surface area contributed by atoms with E-state index in [-0.39, 0.29) is 6.54 Å². The number of halogens is 2. The molecule has 1 rings (SSSR count). The Morgan fingerprint density at radius 3 is 2.85 bits per heavy atom. The average molecular weight is 206 g/mol. The van der Waals surface area contributed by atoms with Crippen molar-refractivity contribution in [2.75, 3.05) is 13.1 Å². The number of nitrogens with one attached hydrogen (secondary N) is 1. The third-order valence-corrected chi connectivity index (χ3v) is 2.32. The van der Waals surface area contributed by atoms with Gasteiger partial charge in [0, 0.05) is 6.54 Å². The lowest BCUT2D eigenvalue weighted by molar-refractivity contribution is 0.0115. The smallest absolute Gasteiger partial charge is 0.272 e. The van der Waals surface area contributed by atoms with Crippen molar-refractivity contribution in [2.45, 2.75) is 12.5 Å². The lowest BCUT2D eigenvalue weighted by atomic mass is 10.3. The summed E-state index contributed by atoms with van der Waals surface area (Å²) in [6.07, 6.45) is 0. The highest BCUT2D eigenvalue weighted by atomic mass is 32.1. The average Bonchev–Trinajstić information content (AvgIpc) is 2.57. The van der Waals surface area contributed by atoms with Gasteiger partial charge in [-0.15, -0.1) is 0 Å². The molecule has 74 valence electrons. The lowest BCUT2D eigenvalue weighted by Crippen LogP contribution is -2.38. The lowest BCUT2D eigenvalue weighted by Gasteiger charge is -2.13. The molecule has 0 aromatic carbocycles. The van der Waals surface area contributed by atoms with E-state index in [0.717, 1.165) is 5.56 Å². The van der Waals surface area contributed by atoms with Gasteiger partial charge in [-0.2, -0.15) is 11.3 Å². The highest BCUT2D eigenvalue weighted by Gasteiger charge is 2.25. The number of hydrogen-bond donors (Lipinski definition) is 2. The van der Waals surface area contributed by atoms with E-state index >= 15 is 0 Å². The monoisotopic (exact) mass is 206 g/mol. The second-order valence-electron chi connectivity index (χ2n) is 2.80. The van der Waals surface area contributed by atoms with E-state index in [9.17, 15) is 8.78 Å². The van der Waals surface area contributed by atoms with E-state index in [1.807, 2.05) is 16.8 Å². The van der Waals surface area contributed by atoms with Gasteiger partial charge in [0.25, 0.3) is 5.92 Å². The van der Waals surface area contributed by atoms with E-state index < -0.39 is 12.5 Å². The summed E-state index contributed by atoms with van der Waals surface area (Å²) in [5, 5.41) is 6.49. The Balaban J connectivity index is 2.21. The minimum atomic E-state index is -2.80. The van der Waals surface area contributed by atoms with Crippen molar-refractivity contribution in [2.24, 2.45) is 5.73 Å². The molecule has 3 N–H and O–H groups in total. The summed E-state index contributed by atoms with van der Waals surface area (Å²) in [4.78, 5) is 0. The van der Waals surface area contributed by atoms with Crippen LogP contribution in [0.4, 0.5) is 8.78 Å². The van der Waals surface area contributed by atoms with Gasteiger partial charge in [-0.05, 0) is 22.4 Å². The Hall–Kier alpha value is -0.520. The third-order valence-electron chi connectivity index (χ3n) is 1.59. The van der Waals surface area contributed by atoms with Crippen molar-refractivity contribution in [3.8, 4) is 0 Å². The predicted octanol–water partition coefficient (Wildman–Crippen LogP) is 1.43. The Morgan fingerprint density at radius 1 is 1.54 bits per heavy atom. The molecule has 1 aromatic heterocycles. The van der Waals surface area contributed by atoms with Crippen LogP contribution in [0.1, 0.15) is 5.56 Å². The van der Waals surface area contributed by atoms with Crippen molar-refractivity contribution in [3.05, 3.63) is 22.4 Å². The number of hydrogen-bond acceptors (Lipinski definition) is 3. The van der Waals surface area contributed by atoms with Gasteiger partial charge in [-0.25, -0.2) is 8.78 Å². The van der Waals surface area contributed by atoms with E-state index in [1.54, 1.807) is 11.3 Å². The summed E-state index contributed by atoms with van der Waals surface area (Å²) in [7, 11) is 0.